The van der Waals surface area contributed by atoms with E-state index < -0.39 is 0 Å². The maximum Gasteiger partial charge on any atom is 0.188 e. The number of hydrogen-bond donors (Lipinski definition) is 2. The minimum Gasteiger partial charge on any atom is -0.497 e. The smallest absolute Gasteiger partial charge is 0.188 e. The molecule has 0 spiro atoms. The number of nitrogens with one attached hydrogen (secondary N) is 1. The van der Waals surface area contributed by atoms with Crippen molar-refractivity contribution < 1.29 is 4.74 Å². The van der Waals surface area contributed by atoms with Gasteiger partial charge in [-0.2, -0.15) is 0 Å². The number of guanidine groups is 1. The van der Waals surface area contributed by atoms with E-state index >= 15 is 0 Å². The summed E-state index contributed by atoms with van der Waals surface area (Å²) < 4.78 is 5.14. The minimum atomic E-state index is 0.423. The number of hydrogen-bond acceptors (Lipinski definition) is 2. The quantitative estimate of drug-likeness (QED) is 0.580. The van der Waals surface area contributed by atoms with Gasteiger partial charge >= 0.3 is 0 Å². The summed E-state index contributed by atoms with van der Waals surface area (Å²) in [7, 11) is 1.66. The van der Waals surface area contributed by atoms with Gasteiger partial charge in [-0.25, -0.2) is 0 Å². The van der Waals surface area contributed by atoms with Gasteiger partial charge in [-0.15, -0.1) is 0 Å². The van der Waals surface area contributed by atoms with Crippen molar-refractivity contribution in [3.05, 3.63) is 63.6 Å². The summed E-state index contributed by atoms with van der Waals surface area (Å²) in [6, 6.07) is 13.4. The first-order valence-corrected chi connectivity index (χ1v) is 8.45. The standard InChI is InChI=1S/C18H21Cl2N3O/c1-24-14-7-5-13(6-8-14)9-11-22-18(21)23-12-10-15-16(19)3-2-4-17(15)20/h2-8H,9-12H2,1H3,(H3,21,22,23). The lowest BCUT2D eigenvalue weighted by atomic mass is 10.1. The highest BCUT2D eigenvalue weighted by Crippen LogP contribution is 2.24. The van der Waals surface area contributed by atoms with Gasteiger partial charge in [0.05, 0.1) is 7.11 Å². The SMILES string of the molecule is COc1ccc(CCNC(N)=NCCc2c(Cl)cccc2Cl)cc1. The molecule has 2 aromatic rings. The largest absolute Gasteiger partial charge is 0.497 e. The second-order valence-electron chi connectivity index (χ2n) is 5.24. The highest BCUT2D eigenvalue weighted by molar-refractivity contribution is 6.35. The lowest BCUT2D eigenvalue weighted by Crippen LogP contribution is -2.33. The molecule has 0 unspecified atom stereocenters. The Balaban J connectivity index is 1.75. The van der Waals surface area contributed by atoms with Crippen LogP contribution in [0.15, 0.2) is 47.5 Å². The molecule has 0 aliphatic heterocycles. The molecule has 3 N–H and O–H groups in total. The molecule has 0 heterocycles. The average molecular weight is 366 g/mol. The Hall–Kier alpha value is -1.91. The Morgan fingerprint density at radius 2 is 1.75 bits per heavy atom. The summed E-state index contributed by atoms with van der Waals surface area (Å²) in [5.74, 6) is 1.28. The summed E-state index contributed by atoms with van der Waals surface area (Å²) in [6.07, 6.45) is 1.51. The number of benzene rings is 2. The minimum absolute atomic E-state index is 0.423. The van der Waals surface area contributed by atoms with E-state index in [2.05, 4.69) is 10.3 Å². The number of aliphatic imine (C=N–C) groups is 1. The average Bonchev–Trinajstić information content (AvgIpc) is 2.58. The van der Waals surface area contributed by atoms with E-state index in [0.717, 1.165) is 17.7 Å². The zero-order chi connectivity index (χ0) is 17.4. The summed E-state index contributed by atoms with van der Waals surface area (Å²) in [5.41, 5.74) is 7.98. The summed E-state index contributed by atoms with van der Waals surface area (Å²) in [5, 5.41) is 4.42. The van der Waals surface area contributed by atoms with Crippen molar-refractivity contribution in [1.82, 2.24) is 5.32 Å². The van der Waals surface area contributed by atoms with Gasteiger partial charge in [0.25, 0.3) is 0 Å². The van der Waals surface area contributed by atoms with Crippen LogP contribution in [0.3, 0.4) is 0 Å². The lowest BCUT2D eigenvalue weighted by Gasteiger charge is -2.08. The summed E-state index contributed by atoms with van der Waals surface area (Å²) in [4.78, 5) is 4.31. The van der Waals surface area contributed by atoms with E-state index in [1.54, 1.807) is 7.11 Å². The number of halogens is 2. The Kier molecular flexibility index (Phi) is 7.22. The van der Waals surface area contributed by atoms with Crippen LogP contribution in [0.1, 0.15) is 11.1 Å². The van der Waals surface area contributed by atoms with Gasteiger partial charge in [0.15, 0.2) is 5.96 Å². The van der Waals surface area contributed by atoms with Crippen molar-refractivity contribution >= 4 is 29.2 Å². The van der Waals surface area contributed by atoms with Gasteiger partial charge in [0.2, 0.25) is 0 Å². The van der Waals surface area contributed by atoms with E-state index in [-0.39, 0.29) is 0 Å². The third-order valence-electron chi connectivity index (χ3n) is 3.58. The van der Waals surface area contributed by atoms with Gasteiger partial charge in [0.1, 0.15) is 5.75 Å². The molecular weight excluding hydrogens is 345 g/mol. The fourth-order valence-corrected chi connectivity index (χ4v) is 2.83. The molecule has 0 amide bonds. The highest BCUT2D eigenvalue weighted by Gasteiger charge is 2.04. The topological polar surface area (TPSA) is 59.6 Å². The van der Waals surface area contributed by atoms with Gasteiger partial charge < -0.3 is 15.8 Å². The monoisotopic (exact) mass is 365 g/mol. The molecule has 0 aromatic heterocycles. The molecule has 128 valence electrons. The van der Waals surface area contributed by atoms with Gasteiger partial charge in [-0.3, -0.25) is 4.99 Å². The summed E-state index contributed by atoms with van der Waals surface area (Å²) in [6.45, 7) is 1.25. The predicted molar refractivity (Wildman–Crippen MR) is 101 cm³/mol. The first kappa shape index (κ1) is 18.4. The van der Waals surface area contributed by atoms with Crippen LogP contribution in [0, 0.1) is 0 Å². The molecular formula is C18H21Cl2N3O. The van der Waals surface area contributed by atoms with Crippen molar-refractivity contribution in [3.8, 4) is 5.75 Å². The van der Waals surface area contributed by atoms with E-state index in [4.69, 9.17) is 33.7 Å². The van der Waals surface area contributed by atoms with Crippen molar-refractivity contribution in [2.75, 3.05) is 20.2 Å². The first-order chi connectivity index (χ1) is 11.6. The zero-order valence-electron chi connectivity index (χ0n) is 13.6. The van der Waals surface area contributed by atoms with Crippen LogP contribution in [0.4, 0.5) is 0 Å². The third kappa shape index (κ3) is 5.62. The van der Waals surface area contributed by atoms with Crippen LogP contribution in [0.5, 0.6) is 5.75 Å². The molecule has 2 aromatic carbocycles. The molecule has 2 rings (SSSR count). The zero-order valence-corrected chi connectivity index (χ0v) is 15.1. The van der Waals surface area contributed by atoms with Crippen LogP contribution in [0.25, 0.3) is 0 Å². The molecule has 0 bridgehead atoms. The van der Waals surface area contributed by atoms with Crippen LogP contribution in [-0.2, 0) is 12.8 Å². The number of ether oxygens (including phenoxy) is 1. The van der Waals surface area contributed by atoms with Crippen molar-refractivity contribution in [3.63, 3.8) is 0 Å². The molecule has 0 saturated heterocycles. The fourth-order valence-electron chi connectivity index (χ4n) is 2.24. The second-order valence-corrected chi connectivity index (χ2v) is 6.06. The van der Waals surface area contributed by atoms with E-state index in [1.165, 1.54) is 5.56 Å². The molecule has 4 nitrogen and oxygen atoms in total. The van der Waals surface area contributed by atoms with Crippen molar-refractivity contribution in [2.45, 2.75) is 12.8 Å². The van der Waals surface area contributed by atoms with Crippen LogP contribution in [-0.4, -0.2) is 26.2 Å². The van der Waals surface area contributed by atoms with E-state index in [1.807, 2.05) is 42.5 Å². The normalized spacial score (nSPS) is 11.4. The first-order valence-electron chi connectivity index (χ1n) is 7.69. The van der Waals surface area contributed by atoms with E-state index in [9.17, 15) is 0 Å². The Morgan fingerprint density at radius 3 is 2.38 bits per heavy atom. The van der Waals surface area contributed by atoms with Crippen LogP contribution in [0.2, 0.25) is 10.0 Å². The number of nitrogens with zero attached hydrogens (tertiary/aromatic N) is 1. The van der Waals surface area contributed by atoms with Gasteiger partial charge in [0, 0.05) is 23.1 Å². The number of nitrogens with two attached hydrogens (primary N) is 1. The maximum atomic E-state index is 6.13. The fraction of sp³-hybridized carbons (Fsp3) is 0.278. The lowest BCUT2D eigenvalue weighted by molar-refractivity contribution is 0.414. The molecule has 6 heteroatoms. The number of methoxy groups -OCH3 is 1. The molecule has 0 aliphatic carbocycles. The van der Waals surface area contributed by atoms with Gasteiger partial charge in [-0.05, 0) is 48.2 Å². The Bertz CT molecular complexity index is 667. The number of rotatable bonds is 7. The van der Waals surface area contributed by atoms with Crippen LogP contribution >= 0.6 is 23.2 Å². The molecule has 0 aliphatic rings. The molecule has 24 heavy (non-hydrogen) atoms. The Morgan fingerprint density at radius 1 is 1.08 bits per heavy atom. The van der Waals surface area contributed by atoms with Crippen LogP contribution < -0.4 is 15.8 Å². The highest BCUT2D eigenvalue weighted by atomic mass is 35.5. The van der Waals surface area contributed by atoms with Crippen molar-refractivity contribution in [2.24, 2.45) is 10.7 Å². The van der Waals surface area contributed by atoms with Gasteiger partial charge in [-0.1, -0.05) is 41.4 Å². The van der Waals surface area contributed by atoms with E-state index in [0.29, 0.717) is 35.5 Å². The maximum absolute atomic E-state index is 6.13. The second kappa shape index (κ2) is 9.40. The Labute approximate surface area is 152 Å². The molecule has 0 saturated carbocycles. The molecule has 0 radical (unpaired) electrons. The molecule has 0 atom stereocenters. The molecule has 0 fully saturated rings. The third-order valence-corrected chi connectivity index (χ3v) is 4.29. The summed E-state index contributed by atoms with van der Waals surface area (Å²) >= 11 is 12.3. The van der Waals surface area contributed by atoms with Crippen molar-refractivity contribution in [1.29, 1.82) is 0 Å². The predicted octanol–water partition coefficient (Wildman–Crippen LogP) is 3.69.